The number of carboxylic acid groups (broad SMARTS) is 1. The van der Waals surface area contributed by atoms with Crippen molar-refractivity contribution in [2.24, 2.45) is 11.8 Å². The first-order chi connectivity index (χ1) is 10.9. The van der Waals surface area contributed by atoms with Crippen LogP contribution in [0.2, 0.25) is 0 Å². The van der Waals surface area contributed by atoms with E-state index in [0.29, 0.717) is 23.4 Å². The molecule has 1 heterocycles. The Hall–Kier alpha value is -1.96. The fourth-order valence-electron chi connectivity index (χ4n) is 2.76. The molecular weight excluding hydrogens is 320 g/mol. The van der Waals surface area contributed by atoms with E-state index < -0.39 is 23.8 Å². The number of carbonyl (C=O) groups is 3. The normalized spacial score (nSPS) is 20.8. The van der Waals surface area contributed by atoms with Crippen molar-refractivity contribution in [2.75, 3.05) is 11.9 Å². The van der Waals surface area contributed by atoms with Crippen molar-refractivity contribution >= 4 is 34.3 Å². The quantitative estimate of drug-likeness (QED) is 0.805. The first kappa shape index (κ1) is 17.4. The van der Waals surface area contributed by atoms with Crippen molar-refractivity contribution in [2.45, 2.75) is 39.5 Å². The van der Waals surface area contributed by atoms with Gasteiger partial charge in [0, 0.05) is 17.8 Å². The van der Waals surface area contributed by atoms with Gasteiger partial charge < -0.3 is 20.0 Å². The van der Waals surface area contributed by atoms with E-state index in [1.165, 1.54) is 0 Å². The van der Waals surface area contributed by atoms with Crippen molar-refractivity contribution in [3.05, 3.63) is 10.6 Å². The summed E-state index contributed by atoms with van der Waals surface area (Å²) in [6.07, 6.45) is 2.56. The number of carboxylic acids is 1. The molecule has 8 heteroatoms. The van der Waals surface area contributed by atoms with Gasteiger partial charge in [0.1, 0.15) is 4.88 Å². The Morgan fingerprint density at radius 3 is 2.57 bits per heavy atom. The van der Waals surface area contributed by atoms with Crippen LogP contribution in [0.4, 0.5) is 5.13 Å². The van der Waals surface area contributed by atoms with Crippen LogP contribution in [0.15, 0.2) is 0 Å². The minimum absolute atomic E-state index is 0.257. The number of ether oxygens (including phenoxy) is 1. The zero-order valence-corrected chi connectivity index (χ0v) is 13.9. The second-order valence-electron chi connectivity index (χ2n) is 5.46. The SMILES string of the molecule is CCOC(=O)c1sc(NC(=O)[C@H]2CCCC[C@@H]2C(=O)[O-])nc1C. The third-order valence-electron chi connectivity index (χ3n) is 3.89. The summed E-state index contributed by atoms with van der Waals surface area (Å²) in [7, 11) is 0. The van der Waals surface area contributed by atoms with E-state index in [4.69, 9.17) is 4.74 Å². The zero-order chi connectivity index (χ0) is 17.0. The Balaban J connectivity index is 2.09. The maximum atomic E-state index is 12.3. The van der Waals surface area contributed by atoms with Crippen molar-refractivity contribution in [1.29, 1.82) is 0 Å². The van der Waals surface area contributed by atoms with E-state index in [1.54, 1.807) is 13.8 Å². The predicted octanol–water partition coefficient (Wildman–Crippen LogP) is 1.12. The summed E-state index contributed by atoms with van der Waals surface area (Å²) < 4.78 is 4.92. The minimum atomic E-state index is -1.19. The molecule has 126 valence electrons. The first-order valence-corrected chi connectivity index (χ1v) is 8.42. The summed E-state index contributed by atoms with van der Waals surface area (Å²) >= 11 is 1.03. The van der Waals surface area contributed by atoms with Gasteiger partial charge in [-0.25, -0.2) is 9.78 Å². The smallest absolute Gasteiger partial charge is 0.350 e. The van der Waals surface area contributed by atoms with Crippen LogP contribution in [0.5, 0.6) is 0 Å². The molecule has 1 saturated carbocycles. The molecule has 1 N–H and O–H groups in total. The summed E-state index contributed by atoms with van der Waals surface area (Å²) in [5, 5.41) is 14.1. The topological polar surface area (TPSA) is 108 Å². The molecule has 0 radical (unpaired) electrons. The average Bonchev–Trinajstić information content (AvgIpc) is 2.88. The highest BCUT2D eigenvalue weighted by Crippen LogP contribution is 2.31. The number of nitrogens with zero attached hydrogens (tertiary/aromatic N) is 1. The number of amides is 1. The predicted molar refractivity (Wildman–Crippen MR) is 81.9 cm³/mol. The molecule has 7 nitrogen and oxygen atoms in total. The number of aliphatic carboxylic acids is 1. The van der Waals surface area contributed by atoms with Gasteiger partial charge in [-0.15, -0.1) is 0 Å². The van der Waals surface area contributed by atoms with Crippen LogP contribution in [-0.2, 0) is 14.3 Å². The minimum Gasteiger partial charge on any atom is -0.550 e. The number of nitrogens with one attached hydrogen (secondary N) is 1. The lowest BCUT2D eigenvalue weighted by molar-refractivity contribution is -0.313. The third kappa shape index (κ3) is 4.07. The third-order valence-corrected chi connectivity index (χ3v) is 4.95. The van der Waals surface area contributed by atoms with Crippen molar-refractivity contribution in [1.82, 2.24) is 4.98 Å². The van der Waals surface area contributed by atoms with Gasteiger partial charge in [0.2, 0.25) is 5.91 Å². The Kier molecular flexibility index (Phi) is 5.70. The highest BCUT2D eigenvalue weighted by molar-refractivity contribution is 7.17. The van der Waals surface area contributed by atoms with Crippen LogP contribution in [0.25, 0.3) is 0 Å². The number of anilines is 1. The van der Waals surface area contributed by atoms with Gasteiger partial charge in [0.25, 0.3) is 0 Å². The number of hydrogen-bond acceptors (Lipinski definition) is 7. The Labute approximate surface area is 138 Å². The molecule has 2 atom stereocenters. The van der Waals surface area contributed by atoms with E-state index in [-0.39, 0.29) is 17.6 Å². The van der Waals surface area contributed by atoms with E-state index >= 15 is 0 Å². The number of aromatic nitrogens is 1. The fraction of sp³-hybridized carbons (Fsp3) is 0.600. The summed E-state index contributed by atoms with van der Waals surface area (Å²) in [4.78, 5) is 39.8. The molecule has 0 saturated heterocycles. The van der Waals surface area contributed by atoms with E-state index in [0.717, 1.165) is 24.2 Å². The summed E-state index contributed by atoms with van der Waals surface area (Å²) in [6, 6.07) is 0. The van der Waals surface area contributed by atoms with Crippen molar-refractivity contribution < 1.29 is 24.2 Å². The number of thiazole rings is 1. The van der Waals surface area contributed by atoms with E-state index in [2.05, 4.69) is 10.3 Å². The van der Waals surface area contributed by atoms with Crippen LogP contribution < -0.4 is 10.4 Å². The summed E-state index contributed by atoms with van der Waals surface area (Å²) in [5.74, 6) is -3.44. The molecule has 23 heavy (non-hydrogen) atoms. The average molecular weight is 339 g/mol. The molecule has 1 aromatic rings. The van der Waals surface area contributed by atoms with Gasteiger partial charge in [-0.05, 0) is 26.7 Å². The van der Waals surface area contributed by atoms with Gasteiger partial charge in [0.15, 0.2) is 5.13 Å². The fourth-order valence-corrected chi connectivity index (χ4v) is 3.62. The van der Waals surface area contributed by atoms with Gasteiger partial charge in [0.05, 0.1) is 12.3 Å². The number of carbonyl (C=O) groups excluding carboxylic acids is 3. The summed E-state index contributed by atoms with van der Waals surface area (Å²) in [5.41, 5.74) is 0.476. The van der Waals surface area contributed by atoms with Crippen molar-refractivity contribution in [3.63, 3.8) is 0 Å². The Morgan fingerprint density at radius 2 is 1.96 bits per heavy atom. The lowest BCUT2D eigenvalue weighted by Gasteiger charge is -2.30. The number of hydrogen-bond donors (Lipinski definition) is 1. The molecule has 1 aromatic heterocycles. The molecule has 1 fully saturated rings. The van der Waals surface area contributed by atoms with Crippen LogP contribution in [-0.4, -0.2) is 29.4 Å². The molecule has 0 unspecified atom stereocenters. The second-order valence-corrected chi connectivity index (χ2v) is 6.46. The van der Waals surface area contributed by atoms with Gasteiger partial charge in [-0.3, -0.25) is 4.79 Å². The summed E-state index contributed by atoms with van der Waals surface area (Å²) in [6.45, 7) is 3.62. The van der Waals surface area contributed by atoms with Crippen LogP contribution in [0.3, 0.4) is 0 Å². The van der Waals surface area contributed by atoms with E-state index in [1.807, 2.05) is 0 Å². The van der Waals surface area contributed by atoms with Crippen LogP contribution in [0.1, 0.15) is 48.0 Å². The van der Waals surface area contributed by atoms with Crippen molar-refractivity contribution in [3.8, 4) is 0 Å². The Morgan fingerprint density at radius 1 is 1.30 bits per heavy atom. The molecule has 0 aromatic carbocycles. The molecule has 1 aliphatic rings. The molecule has 2 rings (SSSR count). The molecule has 0 bridgehead atoms. The molecule has 0 aliphatic heterocycles. The second kappa shape index (κ2) is 7.54. The molecule has 0 spiro atoms. The lowest BCUT2D eigenvalue weighted by Crippen LogP contribution is -2.42. The zero-order valence-electron chi connectivity index (χ0n) is 13.1. The number of aryl methyl sites for hydroxylation is 1. The lowest BCUT2D eigenvalue weighted by atomic mass is 9.79. The Bertz CT molecular complexity index is 613. The molecular formula is C15H19N2O5S-. The van der Waals surface area contributed by atoms with Gasteiger partial charge in [-0.2, -0.15) is 0 Å². The maximum absolute atomic E-state index is 12.3. The van der Waals surface area contributed by atoms with Gasteiger partial charge >= 0.3 is 5.97 Å². The van der Waals surface area contributed by atoms with Crippen LogP contribution in [0, 0.1) is 18.8 Å². The van der Waals surface area contributed by atoms with Crippen LogP contribution >= 0.6 is 11.3 Å². The molecule has 1 amide bonds. The number of esters is 1. The standard InChI is InChI=1S/C15H20N2O5S/c1-3-22-14(21)11-8(2)16-15(23-11)17-12(18)9-6-4-5-7-10(9)13(19)20/h9-10H,3-7H2,1-2H3,(H,19,20)(H,16,17,18)/p-1/t9-,10-/m0/s1. The number of rotatable bonds is 5. The highest BCUT2D eigenvalue weighted by Gasteiger charge is 2.32. The first-order valence-electron chi connectivity index (χ1n) is 7.60. The van der Waals surface area contributed by atoms with E-state index in [9.17, 15) is 19.5 Å². The maximum Gasteiger partial charge on any atom is 0.350 e. The molecule has 1 aliphatic carbocycles. The highest BCUT2D eigenvalue weighted by atomic mass is 32.1. The largest absolute Gasteiger partial charge is 0.550 e. The monoisotopic (exact) mass is 339 g/mol. The van der Waals surface area contributed by atoms with Gasteiger partial charge in [-0.1, -0.05) is 24.2 Å².